The fraction of sp³-hybridized carbons (Fsp3) is 0.217. The van der Waals surface area contributed by atoms with Crippen molar-refractivity contribution in [1.29, 1.82) is 0 Å². The van der Waals surface area contributed by atoms with Crippen LogP contribution in [0.3, 0.4) is 0 Å². The Labute approximate surface area is 163 Å². The molecule has 3 aromatic rings. The van der Waals surface area contributed by atoms with E-state index >= 15 is 0 Å². The molecule has 1 atom stereocenters. The molecule has 0 bridgehead atoms. The topological polar surface area (TPSA) is 60.5 Å². The molecule has 0 amide bonds. The van der Waals surface area contributed by atoms with E-state index in [-0.39, 0.29) is 0 Å². The quantitative estimate of drug-likeness (QED) is 0.659. The molecule has 4 nitrogen and oxygen atoms in total. The minimum atomic E-state index is -0.580. The lowest BCUT2D eigenvalue weighted by Crippen LogP contribution is -2.22. The monoisotopic (exact) mass is 375 g/mol. The van der Waals surface area contributed by atoms with Crippen LogP contribution in [0.15, 0.2) is 71.9 Å². The predicted octanol–water partition coefficient (Wildman–Crippen LogP) is 4.68. The van der Waals surface area contributed by atoms with Crippen LogP contribution < -0.4 is 10.5 Å². The van der Waals surface area contributed by atoms with Crippen LogP contribution in [0, 0.1) is 5.95 Å². The van der Waals surface area contributed by atoms with Gasteiger partial charge in [0.2, 0.25) is 5.95 Å². The van der Waals surface area contributed by atoms with Crippen molar-refractivity contribution in [1.82, 2.24) is 4.98 Å². The molecular formula is C23H22FN3O. The van der Waals surface area contributed by atoms with Crippen molar-refractivity contribution in [2.75, 3.05) is 6.61 Å². The first-order valence-corrected chi connectivity index (χ1v) is 9.41. The molecule has 0 radical (unpaired) electrons. The number of amidine groups is 1. The fourth-order valence-corrected chi connectivity index (χ4v) is 3.79. The molecule has 2 heterocycles. The minimum Gasteiger partial charge on any atom is -0.494 e. The summed E-state index contributed by atoms with van der Waals surface area (Å²) < 4.78 is 19.8. The zero-order valence-electron chi connectivity index (χ0n) is 15.7. The van der Waals surface area contributed by atoms with Gasteiger partial charge in [-0.15, -0.1) is 0 Å². The van der Waals surface area contributed by atoms with Crippen molar-refractivity contribution >= 4 is 5.84 Å². The third-order valence-electron chi connectivity index (χ3n) is 5.13. The highest BCUT2D eigenvalue weighted by molar-refractivity contribution is 5.84. The van der Waals surface area contributed by atoms with E-state index in [4.69, 9.17) is 15.5 Å². The normalized spacial score (nSPS) is 18.7. The number of ether oxygens (including phenoxy) is 1. The summed E-state index contributed by atoms with van der Waals surface area (Å²) in [5.41, 5.74) is 8.78. The van der Waals surface area contributed by atoms with E-state index in [9.17, 15) is 4.39 Å². The summed E-state index contributed by atoms with van der Waals surface area (Å²) in [4.78, 5) is 8.61. The van der Waals surface area contributed by atoms with E-state index in [0.29, 0.717) is 18.0 Å². The van der Waals surface area contributed by atoms with Gasteiger partial charge in [-0.2, -0.15) is 4.39 Å². The highest BCUT2D eigenvalue weighted by Crippen LogP contribution is 2.43. The highest BCUT2D eigenvalue weighted by Gasteiger charge is 2.38. The first-order valence-electron chi connectivity index (χ1n) is 9.41. The van der Waals surface area contributed by atoms with E-state index in [2.05, 4.69) is 4.98 Å². The van der Waals surface area contributed by atoms with Gasteiger partial charge in [-0.1, -0.05) is 30.3 Å². The average Bonchev–Trinajstić information content (AvgIpc) is 3.12. The maximum absolute atomic E-state index is 14.2. The van der Waals surface area contributed by atoms with Crippen molar-refractivity contribution in [3.05, 3.63) is 83.9 Å². The van der Waals surface area contributed by atoms with Gasteiger partial charge in [-0.05, 0) is 60.4 Å². The van der Waals surface area contributed by atoms with Gasteiger partial charge in [-0.25, -0.2) is 4.98 Å². The molecule has 28 heavy (non-hydrogen) atoms. The van der Waals surface area contributed by atoms with E-state index in [0.717, 1.165) is 35.3 Å². The van der Waals surface area contributed by atoms with Crippen LogP contribution in [0.5, 0.6) is 5.75 Å². The molecule has 1 aromatic heterocycles. The van der Waals surface area contributed by atoms with E-state index < -0.39 is 11.5 Å². The van der Waals surface area contributed by atoms with Gasteiger partial charge >= 0.3 is 0 Å². The number of hydrogen-bond acceptors (Lipinski definition) is 4. The SMILES string of the molecule is CCOc1ccc(C2(c3cccc(-c4cccnc4F)c3)CCC(N)=N2)cc1. The van der Waals surface area contributed by atoms with Crippen molar-refractivity contribution in [2.24, 2.45) is 10.7 Å². The molecule has 0 saturated carbocycles. The highest BCUT2D eigenvalue weighted by atomic mass is 19.1. The Balaban J connectivity index is 1.81. The Morgan fingerprint density at radius 1 is 1.07 bits per heavy atom. The van der Waals surface area contributed by atoms with Crippen molar-refractivity contribution in [2.45, 2.75) is 25.3 Å². The Morgan fingerprint density at radius 2 is 1.89 bits per heavy atom. The third-order valence-corrected chi connectivity index (χ3v) is 5.13. The van der Waals surface area contributed by atoms with Crippen LogP contribution in [0.2, 0.25) is 0 Å². The number of nitrogens with two attached hydrogens (primary N) is 1. The molecular weight excluding hydrogens is 353 g/mol. The van der Waals surface area contributed by atoms with Crippen LogP contribution in [0.25, 0.3) is 11.1 Å². The molecule has 142 valence electrons. The molecule has 2 aromatic carbocycles. The summed E-state index contributed by atoms with van der Waals surface area (Å²) in [5, 5.41) is 0. The molecule has 4 rings (SSSR count). The maximum Gasteiger partial charge on any atom is 0.220 e. The van der Waals surface area contributed by atoms with Crippen LogP contribution in [-0.2, 0) is 5.54 Å². The lowest BCUT2D eigenvalue weighted by atomic mass is 9.80. The Bertz CT molecular complexity index is 1020. The lowest BCUT2D eigenvalue weighted by molar-refractivity contribution is 0.340. The second-order valence-corrected chi connectivity index (χ2v) is 6.84. The number of nitrogens with zero attached hydrogens (tertiary/aromatic N) is 2. The van der Waals surface area contributed by atoms with Crippen molar-refractivity contribution < 1.29 is 9.13 Å². The Kier molecular flexibility index (Phi) is 4.82. The molecule has 1 aliphatic rings. The van der Waals surface area contributed by atoms with Crippen LogP contribution >= 0.6 is 0 Å². The molecule has 0 spiro atoms. The molecule has 1 aliphatic heterocycles. The number of hydrogen-bond donors (Lipinski definition) is 1. The molecule has 5 heteroatoms. The average molecular weight is 375 g/mol. The van der Waals surface area contributed by atoms with Crippen molar-refractivity contribution in [3.8, 4) is 16.9 Å². The predicted molar refractivity (Wildman–Crippen MR) is 109 cm³/mol. The third kappa shape index (κ3) is 3.24. The van der Waals surface area contributed by atoms with E-state index in [1.54, 1.807) is 12.1 Å². The summed E-state index contributed by atoms with van der Waals surface area (Å²) in [7, 11) is 0. The molecule has 0 fully saturated rings. The van der Waals surface area contributed by atoms with Crippen molar-refractivity contribution in [3.63, 3.8) is 0 Å². The summed E-state index contributed by atoms with van der Waals surface area (Å²) in [6, 6.07) is 19.3. The second-order valence-electron chi connectivity index (χ2n) is 6.84. The Hall–Kier alpha value is -3.21. The maximum atomic E-state index is 14.2. The summed E-state index contributed by atoms with van der Waals surface area (Å²) in [6.07, 6.45) is 2.94. The number of halogens is 1. The fourth-order valence-electron chi connectivity index (χ4n) is 3.79. The number of pyridine rings is 1. The van der Waals surface area contributed by atoms with E-state index in [1.165, 1.54) is 6.20 Å². The number of aromatic nitrogens is 1. The van der Waals surface area contributed by atoms with E-state index in [1.807, 2.05) is 55.5 Å². The molecule has 0 aliphatic carbocycles. The molecule has 1 unspecified atom stereocenters. The minimum absolute atomic E-state index is 0.473. The largest absolute Gasteiger partial charge is 0.494 e. The zero-order chi connectivity index (χ0) is 19.6. The van der Waals surface area contributed by atoms with Gasteiger partial charge in [0.25, 0.3) is 0 Å². The number of aliphatic imine (C=N–C) groups is 1. The van der Waals surface area contributed by atoms with Crippen LogP contribution in [0.4, 0.5) is 4.39 Å². The smallest absolute Gasteiger partial charge is 0.220 e. The number of benzene rings is 2. The lowest BCUT2D eigenvalue weighted by Gasteiger charge is -2.28. The number of rotatable bonds is 5. The van der Waals surface area contributed by atoms with Gasteiger partial charge in [-0.3, -0.25) is 4.99 Å². The van der Waals surface area contributed by atoms with Gasteiger partial charge in [0.15, 0.2) is 0 Å². The summed E-state index contributed by atoms with van der Waals surface area (Å²) >= 11 is 0. The van der Waals surface area contributed by atoms with Crippen LogP contribution in [0.1, 0.15) is 30.9 Å². The molecule has 0 saturated heterocycles. The summed E-state index contributed by atoms with van der Waals surface area (Å²) in [6.45, 7) is 2.58. The van der Waals surface area contributed by atoms with Crippen LogP contribution in [-0.4, -0.2) is 17.4 Å². The second kappa shape index (κ2) is 7.43. The summed E-state index contributed by atoms with van der Waals surface area (Å²) in [5.74, 6) is 0.971. The first-order chi connectivity index (χ1) is 13.6. The van der Waals surface area contributed by atoms with Gasteiger partial charge in [0, 0.05) is 18.2 Å². The van der Waals surface area contributed by atoms with Gasteiger partial charge < -0.3 is 10.5 Å². The molecule has 2 N–H and O–H groups in total. The first kappa shape index (κ1) is 18.2. The Morgan fingerprint density at radius 3 is 2.57 bits per heavy atom. The van der Waals surface area contributed by atoms with Gasteiger partial charge in [0.1, 0.15) is 11.3 Å². The van der Waals surface area contributed by atoms with Gasteiger partial charge in [0.05, 0.1) is 12.4 Å². The zero-order valence-corrected chi connectivity index (χ0v) is 15.7. The standard InChI is InChI=1S/C23H22FN3O/c1-2-28-19-10-8-17(9-11-19)23(13-12-21(25)27-23)18-6-3-5-16(15-18)20-7-4-14-26-22(20)24/h3-11,14-15H,2,12-13H2,1H3,(H2,25,27).